The zero-order chi connectivity index (χ0) is 24.8. The Morgan fingerprint density at radius 2 is 1.74 bits per heavy atom. The molecule has 178 valence electrons. The Bertz CT molecular complexity index is 1370. The molecule has 0 bridgehead atoms. The lowest BCUT2D eigenvalue weighted by Crippen LogP contribution is -2.44. The van der Waals surface area contributed by atoms with Crippen molar-refractivity contribution < 1.29 is 14.3 Å². The fraction of sp³-hybridized carbons (Fsp3) is 0.179. The van der Waals surface area contributed by atoms with Gasteiger partial charge in [-0.05, 0) is 49.8 Å². The molecule has 1 aromatic heterocycles. The second-order valence-corrected chi connectivity index (χ2v) is 8.98. The largest absolute Gasteiger partial charge is 0.457 e. The van der Waals surface area contributed by atoms with Gasteiger partial charge in [0.1, 0.15) is 11.5 Å². The number of fused-ring (bicyclic) bond motifs is 1. The molecule has 0 atom stereocenters. The maximum atomic E-state index is 12.5. The maximum Gasteiger partial charge on any atom is 0.226 e. The van der Waals surface area contributed by atoms with Crippen LogP contribution in [0.4, 0.5) is 5.69 Å². The van der Waals surface area contributed by atoms with Crippen molar-refractivity contribution in [2.75, 3.05) is 5.32 Å². The van der Waals surface area contributed by atoms with Crippen LogP contribution in [0.1, 0.15) is 38.4 Å². The Hall–Kier alpha value is -4.39. The number of ether oxygens (including phenoxy) is 1. The molecule has 1 heterocycles. The number of benzene rings is 3. The number of rotatable bonds is 8. The first-order chi connectivity index (χ1) is 16.8. The van der Waals surface area contributed by atoms with Crippen LogP contribution in [0.25, 0.3) is 23.1 Å². The molecule has 0 radical (unpaired) electrons. The maximum absolute atomic E-state index is 12.5. The van der Waals surface area contributed by atoms with Gasteiger partial charge in [0.2, 0.25) is 11.8 Å². The summed E-state index contributed by atoms with van der Waals surface area (Å²) >= 11 is 0. The number of nitrogens with one attached hydrogen (secondary N) is 3. The van der Waals surface area contributed by atoms with Crippen LogP contribution in [0.2, 0.25) is 0 Å². The van der Waals surface area contributed by atoms with Gasteiger partial charge in [0.05, 0.1) is 11.2 Å². The van der Waals surface area contributed by atoms with E-state index in [-0.39, 0.29) is 18.2 Å². The van der Waals surface area contributed by atoms with Gasteiger partial charge < -0.3 is 15.4 Å². The van der Waals surface area contributed by atoms with Gasteiger partial charge in [-0.2, -0.15) is 5.10 Å². The predicted octanol–water partition coefficient (Wildman–Crippen LogP) is 5.77. The van der Waals surface area contributed by atoms with Gasteiger partial charge in [0.15, 0.2) is 0 Å². The summed E-state index contributed by atoms with van der Waals surface area (Å²) in [4.78, 5) is 23.8. The lowest BCUT2D eigenvalue weighted by atomic mass is 10.00. The van der Waals surface area contributed by atoms with Crippen molar-refractivity contribution in [3.8, 4) is 11.5 Å². The van der Waals surface area contributed by atoms with Gasteiger partial charge in [0.25, 0.3) is 0 Å². The number of hydrogen-bond acceptors (Lipinski definition) is 4. The highest BCUT2D eigenvalue weighted by atomic mass is 16.5. The van der Waals surface area contributed by atoms with Crippen LogP contribution in [-0.4, -0.2) is 27.6 Å². The number of amides is 2. The van der Waals surface area contributed by atoms with Gasteiger partial charge in [-0.3, -0.25) is 14.7 Å². The Morgan fingerprint density at radius 3 is 2.51 bits per heavy atom. The van der Waals surface area contributed by atoms with Crippen LogP contribution in [0.3, 0.4) is 0 Å². The molecule has 7 heteroatoms. The smallest absolute Gasteiger partial charge is 0.226 e. The summed E-state index contributed by atoms with van der Waals surface area (Å²) in [6, 6.07) is 23.0. The Morgan fingerprint density at radius 1 is 0.971 bits per heavy atom. The molecule has 0 spiro atoms. The molecule has 0 fully saturated rings. The minimum atomic E-state index is -0.640. The SMILES string of the molecule is CC(=O)NC(C)(C)CC(=O)Nc1cccc(Oc2ccc3c(/C=C/c4ccccc4)n[nH]c3c2)c1. The summed E-state index contributed by atoms with van der Waals surface area (Å²) in [7, 11) is 0. The standard InChI is InChI=1S/C28H28N4O3/c1-19(33)30-28(2,3)18-27(34)29-21-10-7-11-22(16-21)35-23-13-14-24-25(31-32-26(24)17-23)15-12-20-8-5-4-6-9-20/h4-17H,18H2,1-3H3,(H,29,34)(H,30,33)(H,31,32)/b15-12+. The van der Waals surface area contributed by atoms with Crippen molar-refractivity contribution >= 4 is 40.6 Å². The Balaban J connectivity index is 1.43. The summed E-state index contributed by atoms with van der Waals surface area (Å²) in [5, 5.41) is 14.1. The highest BCUT2D eigenvalue weighted by Gasteiger charge is 2.22. The average Bonchev–Trinajstić information content (AvgIpc) is 3.19. The van der Waals surface area contributed by atoms with Crippen molar-refractivity contribution in [1.29, 1.82) is 0 Å². The third-order valence-electron chi connectivity index (χ3n) is 5.27. The number of aromatic nitrogens is 2. The van der Waals surface area contributed by atoms with E-state index in [1.54, 1.807) is 12.1 Å². The van der Waals surface area contributed by atoms with E-state index in [0.717, 1.165) is 22.2 Å². The second-order valence-electron chi connectivity index (χ2n) is 8.98. The highest BCUT2D eigenvalue weighted by Crippen LogP contribution is 2.28. The highest BCUT2D eigenvalue weighted by molar-refractivity contribution is 5.92. The monoisotopic (exact) mass is 468 g/mol. The molecular weight excluding hydrogens is 440 g/mol. The van der Waals surface area contributed by atoms with Crippen LogP contribution in [-0.2, 0) is 9.59 Å². The molecule has 0 unspecified atom stereocenters. The fourth-order valence-corrected chi connectivity index (χ4v) is 3.85. The first-order valence-corrected chi connectivity index (χ1v) is 11.4. The van der Waals surface area contributed by atoms with E-state index in [0.29, 0.717) is 17.2 Å². The van der Waals surface area contributed by atoms with E-state index >= 15 is 0 Å². The zero-order valence-electron chi connectivity index (χ0n) is 20.0. The first kappa shape index (κ1) is 23.8. The van der Waals surface area contributed by atoms with Crippen LogP contribution in [0, 0.1) is 0 Å². The topological polar surface area (TPSA) is 96.1 Å². The Labute approximate surface area is 204 Å². The summed E-state index contributed by atoms with van der Waals surface area (Å²) in [5.41, 5.74) is 2.79. The van der Waals surface area contributed by atoms with Crippen molar-refractivity contribution in [3.05, 3.63) is 84.1 Å². The molecule has 35 heavy (non-hydrogen) atoms. The third-order valence-corrected chi connectivity index (χ3v) is 5.27. The predicted molar refractivity (Wildman–Crippen MR) is 139 cm³/mol. The van der Waals surface area contributed by atoms with Crippen LogP contribution >= 0.6 is 0 Å². The van der Waals surface area contributed by atoms with Gasteiger partial charge in [-0.15, -0.1) is 0 Å². The average molecular weight is 469 g/mol. The van der Waals surface area contributed by atoms with Crippen LogP contribution < -0.4 is 15.4 Å². The molecule has 0 saturated heterocycles. The van der Waals surface area contributed by atoms with Gasteiger partial charge in [-0.1, -0.05) is 42.5 Å². The normalized spacial score (nSPS) is 11.5. The molecular formula is C28H28N4O3. The summed E-state index contributed by atoms with van der Waals surface area (Å²) < 4.78 is 6.03. The number of aromatic amines is 1. The van der Waals surface area contributed by atoms with E-state index in [1.807, 2.05) is 86.7 Å². The quantitative estimate of drug-likeness (QED) is 0.306. The molecule has 4 aromatic rings. The summed E-state index contributed by atoms with van der Waals surface area (Å²) in [6.07, 6.45) is 4.15. The van der Waals surface area contributed by atoms with E-state index < -0.39 is 5.54 Å². The molecule has 0 aliphatic carbocycles. The number of carbonyl (C=O) groups is 2. The number of anilines is 1. The fourth-order valence-electron chi connectivity index (χ4n) is 3.85. The van der Waals surface area contributed by atoms with Crippen molar-refractivity contribution in [2.24, 2.45) is 0 Å². The minimum absolute atomic E-state index is 0.148. The first-order valence-electron chi connectivity index (χ1n) is 11.4. The van der Waals surface area contributed by atoms with E-state index in [2.05, 4.69) is 20.8 Å². The summed E-state index contributed by atoms with van der Waals surface area (Å²) in [5.74, 6) is 0.865. The van der Waals surface area contributed by atoms with E-state index in [4.69, 9.17) is 4.74 Å². The summed E-state index contributed by atoms with van der Waals surface area (Å²) in [6.45, 7) is 5.05. The van der Waals surface area contributed by atoms with Gasteiger partial charge in [0, 0.05) is 42.1 Å². The van der Waals surface area contributed by atoms with Crippen LogP contribution in [0.5, 0.6) is 11.5 Å². The number of carbonyl (C=O) groups excluding carboxylic acids is 2. The molecule has 0 aliphatic heterocycles. The van der Waals surface area contributed by atoms with Gasteiger partial charge >= 0.3 is 0 Å². The second kappa shape index (κ2) is 10.3. The molecule has 3 aromatic carbocycles. The number of H-pyrrole nitrogens is 1. The molecule has 0 saturated carbocycles. The number of hydrogen-bond donors (Lipinski definition) is 3. The Kier molecular flexibility index (Phi) is 6.96. The molecule has 7 nitrogen and oxygen atoms in total. The lowest BCUT2D eigenvalue weighted by Gasteiger charge is -2.24. The number of nitrogens with zero attached hydrogens (tertiary/aromatic N) is 1. The van der Waals surface area contributed by atoms with Gasteiger partial charge in [-0.25, -0.2) is 0 Å². The van der Waals surface area contributed by atoms with E-state index in [1.165, 1.54) is 6.92 Å². The van der Waals surface area contributed by atoms with Crippen LogP contribution in [0.15, 0.2) is 72.8 Å². The minimum Gasteiger partial charge on any atom is -0.457 e. The van der Waals surface area contributed by atoms with Crippen molar-refractivity contribution in [1.82, 2.24) is 15.5 Å². The molecule has 0 aliphatic rings. The lowest BCUT2D eigenvalue weighted by molar-refractivity contribution is -0.121. The molecule has 4 rings (SSSR count). The molecule has 3 N–H and O–H groups in total. The van der Waals surface area contributed by atoms with Crippen molar-refractivity contribution in [2.45, 2.75) is 32.7 Å². The van der Waals surface area contributed by atoms with Crippen molar-refractivity contribution in [3.63, 3.8) is 0 Å². The zero-order valence-corrected chi connectivity index (χ0v) is 20.0. The third kappa shape index (κ3) is 6.57. The molecule has 2 amide bonds. The van der Waals surface area contributed by atoms with E-state index in [9.17, 15) is 9.59 Å².